The highest BCUT2D eigenvalue weighted by Crippen LogP contribution is 2.30. The van der Waals surface area contributed by atoms with Crippen molar-refractivity contribution in [2.75, 3.05) is 18.4 Å². The molecule has 1 atom stereocenters. The van der Waals surface area contributed by atoms with Crippen molar-refractivity contribution >= 4 is 22.3 Å². The van der Waals surface area contributed by atoms with Gasteiger partial charge in [-0.2, -0.15) is 10.4 Å². The summed E-state index contributed by atoms with van der Waals surface area (Å²) in [5.41, 5.74) is 0.419. The predicted molar refractivity (Wildman–Crippen MR) is 170 cm³/mol. The number of nitrogens with zero attached hydrogens (tertiary/aromatic N) is 6. The lowest BCUT2D eigenvalue weighted by molar-refractivity contribution is 0.264. The molecular weight excluding hydrogens is 575 g/mol. The quantitative estimate of drug-likeness (QED) is 0.302. The molecule has 0 aliphatic carbocycles. The molecule has 0 bridgehead atoms. The smallest absolute Gasteiger partial charge is 0.290 e. The second-order valence-corrected chi connectivity index (χ2v) is 11.8. The molecule has 0 radical (unpaired) electrons. The predicted octanol–water partition coefficient (Wildman–Crippen LogP) is 3.49. The highest BCUT2D eigenvalue weighted by atomic mass is 19.1. The molecule has 4 heterocycles. The van der Waals surface area contributed by atoms with Gasteiger partial charge in [-0.1, -0.05) is 19.1 Å². The number of rotatable bonds is 6. The molecule has 11 nitrogen and oxygen atoms in total. The molecule has 3 N–H and O–H groups in total. The van der Waals surface area contributed by atoms with Crippen LogP contribution in [0.25, 0.3) is 27.7 Å². The summed E-state index contributed by atoms with van der Waals surface area (Å²) in [6.45, 7) is 6.38. The van der Waals surface area contributed by atoms with Gasteiger partial charge in [0, 0.05) is 43.2 Å². The monoisotopic (exact) mass is 608 g/mol. The van der Waals surface area contributed by atoms with Crippen molar-refractivity contribution in [2.24, 2.45) is 12.0 Å². The van der Waals surface area contributed by atoms with Gasteiger partial charge in [0.2, 0.25) is 0 Å². The van der Waals surface area contributed by atoms with Crippen LogP contribution in [0.4, 0.5) is 10.1 Å². The van der Waals surface area contributed by atoms with Crippen LogP contribution >= 0.6 is 0 Å². The normalized spacial score (nSPS) is 16.1. The van der Waals surface area contributed by atoms with Gasteiger partial charge in [0.1, 0.15) is 23.2 Å². The number of aryl methyl sites for hydroxylation is 1. The third-order valence-corrected chi connectivity index (χ3v) is 8.51. The molecule has 2 aromatic carbocycles. The van der Waals surface area contributed by atoms with E-state index in [1.54, 1.807) is 50.2 Å². The highest BCUT2D eigenvalue weighted by Gasteiger charge is 2.29. The van der Waals surface area contributed by atoms with Gasteiger partial charge in [-0.05, 0) is 61.5 Å². The lowest BCUT2D eigenvalue weighted by atomic mass is 9.85. The van der Waals surface area contributed by atoms with E-state index in [1.165, 1.54) is 28.6 Å². The molecule has 0 amide bonds. The second kappa shape index (κ2) is 11.3. The summed E-state index contributed by atoms with van der Waals surface area (Å²) < 4.78 is 17.9. The Labute approximate surface area is 258 Å². The molecule has 0 fully saturated rings. The lowest BCUT2D eigenvalue weighted by Crippen LogP contribution is -2.44. The number of amidine groups is 1. The summed E-state index contributed by atoms with van der Waals surface area (Å²) >= 11 is 0. The van der Waals surface area contributed by atoms with Crippen molar-refractivity contribution in [3.05, 3.63) is 98.3 Å². The lowest BCUT2D eigenvalue weighted by Gasteiger charge is -2.32. The minimum Gasteiger partial charge on any atom is -0.392 e. The number of hydrogen-bond donors (Lipinski definition) is 3. The van der Waals surface area contributed by atoms with Gasteiger partial charge in [0.25, 0.3) is 11.1 Å². The molecule has 45 heavy (non-hydrogen) atoms. The van der Waals surface area contributed by atoms with Crippen LogP contribution < -0.4 is 21.8 Å². The van der Waals surface area contributed by atoms with Crippen LogP contribution in [-0.2, 0) is 19.1 Å². The zero-order valence-electron chi connectivity index (χ0n) is 25.4. The fraction of sp³-hybridized carbons (Fsp3) is 0.303. The maximum absolute atomic E-state index is 15.4. The van der Waals surface area contributed by atoms with Crippen LogP contribution in [-0.4, -0.2) is 49.3 Å². The molecule has 0 saturated carbocycles. The second-order valence-electron chi connectivity index (χ2n) is 11.8. The summed E-state index contributed by atoms with van der Waals surface area (Å²) in [5.74, 6) is 0.698. The van der Waals surface area contributed by atoms with Gasteiger partial charge in [0.15, 0.2) is 0 Å². The Bertz CT molecular complexity index is 2070. The third kappa shape index (κ3) is 5.15. The number of nitriles is 1. The number of anilines is 1. The molecule has 12 heteroatoms. The number of fused-ring (bicyclic) bond motifs is 2. The van der Waals surface area contributed by atoms with E-state index in [2.05, 4.69) is 38.6 Å². The molecule has 2 aromatic heterocycles. The van der Waals surface area contributed by atoms with E-state index in [0.29, 0.717) is 45.8 Å². The first-order valence-electron chi connectivity index (χ1n) is 14.7. The van der Waals surface area contributed by atoms with Gasteiger partial charge in [-0.3, -0.25) is 14.2 Å². The van der Waals surface area contributed by atoms with E-state index in [1.807, 2.05) is 6.20 Å². The number of benzene rings is 2. The Kier molecular flexibility index (Phi) is 7.50. The molecule has 4 aromatic rings. The fourth-order valence-electron chi connectivity index (χ4n) is 5.88. The Morgan fingerprint density at radius 2 is 2.00 bits per heavy atom. The van der Waals surface area contributed by atoms with E-state index < -0.39 is 23.4 Å². The number of aromatic nitrogens is 3. The summed E-state index contributed by atoms with van der Waals surface area (Å²) in [7, 11) is 1.54. The maximum atomic E-state index is 15.4. The zero-order chi connectivity index (χ0) is 32.0. The van der Waals surface area contributed by atoms with Gasteiger partial charge in [-0.25, -0.2) is 14.1 Å². The van der Waals surface area contributed by atoms with Crippen molar-refractivity contribution in [3.63, 3.8) is 0 Å². The van der Waals surface area contributed by atoms with Gasteiger partial charge < -0.3 is 20.6 Å². The summed E-state index contributed by atoms with van der Waals surface area (Å²) in [5, 5.41) is 31.2. The SMILES string of the molecule is CCC1CNC=C2N=C(Nc3cc(-c4cccc(-n5ccc6cc(C(C)(C)C#N)cc(F)c6c5=O)c4CO)nn(C)c3=O)CN21. The standard InChI is InChI=1S/C33H33FN8O3/c1-5-21-14-36-15-29-38-28(16-42(21)29)37-26-13-25(39-40(4)31(26)44)22-7-6-8-27(23(22)17-43)41-10-9-19-11-20(33(2,3)18-35)12-24(34)30(19)32(41)45/h6-13,15,21,36,43H,5,14,16-17H2,1-4H3,(H,37,38). The highest BCUT2D eigenvalue weighted by molar-refractivity contribution is 5.99. The first kappa shape index (κ1) is 29.8. The number of aliphatic imine (C=N–C) groups is 1. The number of halogens is 1. The number of aliphatic hydroxyl groups is 1. The molecule has 1 unspecified atom stereocenters. The average Bonchev–Trinajstić information content (AvgIpc) is 3.45. The molecule has 2 aliphatic rings. The maximum Gasteiger partial charge on any atom is 0.290 e. The van der Waals surface area contributed by atoms with Gasteiger partial charge in [0.05, 0.1) is 41.4 Å². The summed E-state index contributed by atoms with van der Waals surface area (Å²) in [6.07, 6.45) is 4.33. The number of nitrogens with one attached hydrogen (secondary N) is 2. The Balaban J connectivity index is 1.41. The van der Waals surface area contributed by atoms with Crippen molar-refractivity contribution in [2.45, 2.75) is 45.3 Å². The van der Waals surface area contributed by atoms with E-state index in [4.69, 9.17) is 0 Å². The van der Waals surface area contributed by atoms with Gasteiger partial charge >= 0.3 is 0 Å². The summed E-state index contributed by atoms with van der Waals surface area (Å²) in [6, 6.07) is 13.6. The van der Waals surface area contributed by atoms with Crippen LogP contribution in [0.1, 0.15) is 38.3 Å². The van der Waals surface area contributed by atoms with Crippen LogP contribution in [0.15, 0.2) is 75.3 Å². The third-order valence-electron chi connectivity index (χ3n) is 8.51. The van der Waals surface area contributed by atoms with Crippen LogP contribution in [0.2, 0.25) is 0 Å². The molecule has 6 rings (SSSR count). The van der Waals surface area contributed by atoms with Crippen LogP contribution in [0.3, 0.4) is 0 Å². The Hall–Kier alpha value is -5.28. The zero-order valence-corrected chi connectivity index (χ0v) is 25.4. The van der Waals surface area contributed by atoms with Crippen LogP contribution in [0, 0.1) is 17.1 Å². The summed E-state index contributed by atoms with van der Waals surface area (Å²) in [4.78, 5) is 33.6. The van der Waals surface area contributed by atoms with Crippen LogP contribution in [0.5, 0.6) is 0 Å². The van der Waals surface area contributed by atoms with Crippen molar-refractivity contribution in [1.29, 1.82) is 5.26 Å². The molecule has 2 aliphatic heterocycles. The molecule has 230 valence electrons. The van der Waals surface area contributed by atoms with Crippen molar-refractivity contribution < 1.29 is 9.50 Å². The number of pyridine rings is 1. The molecular formula is C33H33FN8O3. The van der Waals surface area contributed by atoms with E-state index in [9.17, 15) is 20.0 Å². The first-order chi connectivity index (χ1) is 21.6. The van der Waals surface area contributed by atoms with E-state index in [-0.39, 0.29) is 22.7 Å². The van der Waals surface area contributed by atoms with Crippen molar-refractivity contribution in [3.8, 4) is 23.0 Å². The topological polar surface area (TPSA) is 141 Å². The van der Waals surface area contributed by atoms with E-state index in [0.717, 1.165) is 18.8 Å². The number of aliphatic hydroxyl groups excluding tert-OH is 1. The van der Waals surface area contributed by atoms with Gasteiger partial charge in [-0.15, -0.1) is 0 Å². The Morgan fingerprint density at radius 3 is 2.73 bits per heavy atom. The molecule has 0 spiro atoms. The number of hydrogen-bond acceptors (Lipinski definition) is 9. The first-order valence-corrected chi connectivity index (χ1v) is 14.7. The molecule has 0 saturated heterocycles. The average molecular weight is 609 g/mol. The minimum absolute atomic E-state index is 0.125. The van der Waals surface area contributed by atoms with Crippen molar-refractivity contribution in [1.82, 2.24) is 24.6 Å². The minimum atomic E-state index is -0.939. The fourth-order valence-corrected chi connectivity index (χ4v) is 5.88. The van der Waals surface area contributed by atoms with E-state index >= 15 is 4.39 Å². The Morgan fingerprint density at radius 1 is 1.20 bits per heavy atom. The largest absolute Gasteiger partial charge is 0.392 e.